The van der Waals surface area contributed by atoms with Gasteiger partial charge in [-0.1, -0.05) is 0 Å². The summed E-state index contributed by atoms with van der Waals surface area (Å²) in [6.45, 7) is 0. The van der Waals surface area contributed by atoms with E-state index in [2.05, 4.69) is 4.74 Å². The van der Waals surface area contributed by atoms with E-state index in [1.54, 1.807) is 0 Å². The second-order valence-electron chi connectivity index (χ2n) is 4.03. The van der Waals surface area contributed by atoms with Crippen LogP contribution in [0.2, 0.25) is 0 Å². The summed E-state index contributed by atoms with van der Waals surface area (Å²) in [7, 11) is 0. The van der Waals surface area contributed by atoms with Gasteiger partial charge in [0, 0.05) is 18.0 Å². The van der Waals surface area contributed by atoms with Crippen LogP contribution in [0.15, 0.2) is 18.2 Å². The third-order valence-corrected chi connectivity index (χ3v) is 2.37. The van der Waals surface area contributed by atoms with E-state index in [0.717, 1.165) is 18.2 Å². The van der Waals surface area contributed by atoms with E-state index in [4.69, 9.17) is 5.73 Å². The van der Waals surface area contributed by atoms with E-state index in [-0.39, 0.29) is 18.0 Å². The van der Waals surface area contributed by atoms with Crippen LogP contribution in [0.1, 0.15) is 24.4 Å². The monoisotopic (exact) mass is 339 g/mol. The van der Waals surface area contributed by atoms with Crippen LogP contribution < -0.4 is 10.5 Å². The quantitative estimate of drug-likeness (QED) is 0.814. The zero-order chi connectivity index (χ0) is 15.6. The number of benzene rings is 1. The second kappa shape index (κ2) is 7.08. The van der Waals surface area contributed by atoms with Gasteiger partial charge in [0.1, 0.15) is 11.5 Å². The van der Waals surface area contributed by atoms with E-state index in [1.165, 1.54) is 0 Å². The molecule has 0 amide bonds. The van der Waals surface area contributed by atoms with E-state index in [1.807, 2.05) is 0 Å². The maximum Gasteiger partial charge on any atom is 0.573 e. The number of phenols is 1. The molecular formula is C11H12ClF6NO2. The summed E-state index contributed by atoms with van der Waals surface area (Å²) >= 11 is 0. The zero-order valence-electron chi connectivity index (χ0n) is 10.3. The first kappa shape index (κ1) is 19.7. The third-order valence-electron chi connectivity index (χ3n) is 2.37. The molecule has 0 radical (unpaired) electrons. The lowest BCUT2D eigenvalue weighted by molar-refractivity contribution is -0.274. The van der Waals surface area contributed by atoms with Crippen molar-refractivity contribution in [1.82, 2.24) is 0 Å². The average molecular weight is 340 g/mol. The molecule has 0 spiro atoms. The molecule has 0 aliphatic rings. The lowest BCUT2D eigenvalue weighted by atomic mass is 10.0. The molecule has 0 saturated heterocycles. The molecule has 3 nitrogen and oxygen atoms in total. The van der Waals surface area contributed by atoms with Crippen LogP contribution in [0.5, 0.6) is 11.5 Å². The molecule has 10 heteroatoms. The van der Waals surface area contributed by atoms with Crippen molar-refractivity contribution in [3.05, 3.63) is 23.8 Å². The van der Waals surface area contributed by atoms with Gasteiger partial charge in [-0.25, -0.2) is 0 Å². The summed E-state index contributed by atoms with van der Waals surface area (Å²) in [6.07, 6.45) is -11.2. The molecule has 1 rings (SSSR count). The maximum absolute atomic E-state index is 12.0. The summed E-state index contributed by atoms with van der Waals surface area (Å²) < 4.78 is 75.8. The fraction of sp³-hybridized carbons (Fsp3) is 0.455. The molecule has 21 heavy (non-hydrogen) atoms. The Bertz CT molecular complexity index is 463. The Morgan fingerprint density at radius 3 is 2.19 bits per heavy atom. The lowest BCUT2D eigenvalue weighted by Gasteiger charge is -2.16. The van der Waals surface area contributed by atoms with Gasteiger partial charge in [0.05, 0.1) is 0 Å². The SMILES string of the molecule is Cl.N[C@@H](CCC(F)(F)F)c1cc(OC(F)(F)F)ccc1O. The number of aromatic hydroxyl groups is 1. The number of halogens is 7. The third kappa shape index (κ3) is 7.28. The predicted molar refractivity (Wildman–Crippen MR) is 64.3 cm³/mol. The van der Waals surface area contributed by atoms with Crippen LogP contribution >= 0.6 is 12.4 Å². The van der Waals surface area contributed by atoms with Crippen LogP contribution in [-0.2, 0) is 0 Å². The molecule has 0 fully saturated rings. The van der Waals surface area contributed by atoms with Gasteiger partial charge < -0.3 is 15.6 Å². The maximum atomic E-state index is 12.0. The molecule has 1 aromatic carbocycles. The van der Waals surface area contributed by atoms with Crippen LogP contribution in [0.25, 0.3) is 0 Å². The normalized spacial score (nSPS) is 13.5. The van der Waals surface area contributed by atoms with E-state index in [9.17, 15) is 31.4 Å². The lowest BCUT2D eigenvalue weighted by Crippen LogP contribution is -2.18. The molecule has 1 aromatic rings. The summed E-state index contributed by atoms with van der Waals surface area (Å²) in [5.41, 5.74) is 5.20. The number of rotatable bonds is 4. The van der Waals surface area contributed by atoms with Crippen molar-refractivity contribution < 1.29 is 36.2 Å². The highest BCUT2D eigenvalue weighted by molar-refractivity contribution is 5.85. The van der Waals surface area contributed by atoms with E-state index in [0.29, 0.717) is 0 Å². The highest BCUT2D eigenvalue weighted by atomic mass is 35.5. The Kier molecular flexibility index (Phi) is 6.62. The van der Waals surface area contributed by atoms with Crippen LogP contribution in [0.3, 0.4) is 0 Å². The number of ether oxygens (including phenoxy) is 1. The first-order valence-electron chi connectivity index (χ1n) is 5.39. The van der Waals surface area contributed by atoms with E-state index < -0.39 is 42.9 Å². The molecule has 1 atom stereocenters. The Morgan fingerprint density at radius 2 is 1.71 bits per heavy atom. The molecule has 122 valence electrons. The topological polar surface area (TPSA) is 55.5 Å². The van der Waals surface area contributed by atoms with Crippen molar-refractivity contribution in [2.45, 2.75) is 31.4 Å². The molecule has 0 saturated carbocycles. The van der Waals surface area contributed by atoms with Crippen LogP contribution in [-0.4, -0.2) is 17.6 Å². The minimum Gasteiger partial charge on any atom is -0.508 e. The molecule has 0 heterocycles. The summed E-state index contributed by atoms with van der Waals surface area (Å²) in [4.78, 5) is 0. The number of hydrogen-bond donors (Lipinski definition) is 2. The standard InChI is InChI=1S/C11H11F6NO2.ClH/c12-10(13,14)4-3-8(18)7-5-6(1-2-9(7)19)20-11(15,16)17;/h1-2,5,8,19H,3-4,18H2;1H/t8-;/m0./s1. The van der Waals surface area contributed by atoms with Gasteiger partial charge in [0.2, 0.25) is 0 Å². The van der Waals surface area contributed by atoms with Gasteiger partial charge in [0.25, 0.3) is 0 Å². The first-order valence-corrected chi connectivity index (χ1v) is 5.39. The molecule has 0 unspecified atom stereocenters. The molecule has 0 aromatic heterocycles. The Hall–Kier alpha value is -1.35. The van der Waals surface area contributed by atoms with Gasteiger partial charge in [-0.15, -0.1) is 25.6 Å². The predicted octanol–water partition coefficient (Wildman–Crippen LogP) is 4.05. The number of phenolic OH excluding ortho intramolecular Hbond substituents is 1. The van der Waals surface area contributed by atoms with Crippen molar-refractivity contribution in [2.75, 3.05) is 0 Å². The highest BCUT2D eigenvalue weighted by Gasteiger charge is 2.32. The second-order valence-corrected chi connectivity index (χ2v) is 4.03. The van der Waals surface area contributed by atoms with Crippen LogP contribution in [0.4, 0.5) is 26.3 Å². The van der Waals surface area contributed by atoms with Crippen molar-refractivity contribution in [1.29, 1.82) is 0 Å². The van der Waals surface area contributed by atoms with Crippen molar-refractivity contribution >= 4 is 12.4 Å². The van der Waals surface area contributed by atoms with Gasteiger partial charge in [0.15, 0.2) is 0 Å². The average Bonchev–Trinajstić information content (AvgIpc) is 2.25. The van der Waals surface area contributed by atoms with Gasteiger partial charge >= 0.3 is 12.5 Å². The van der Waals surface area contributed by atoms with Gasteiger partial charge in [-0.2, -0.15) is 13.2 Å². The summed E-state index contributed by atoms with van der Waals surface area (Å²) in [6, 6.07) is 1.23. The summed E-state index contributed by atoms with van der Waals surface area (Å²) in [5.74, 6) is -1.15. The Morgan fingerprint density at radius 1 is 1.14 bits per heavy atom. The minimum atomic E-state index is -4.94. The van der Waals surface area contributed by atoms with Crippen molar-refractivity contribution in [3.63, 3.8) is 0 Å². The van der Waals surface area contributed by atoms with Gasteiger partial charge in [-0.3, -0.25) is 0 Å². The Labute approximate surface area is 122 Å². The zero-order valence-corrected chi connectivity index (χ0v) is 11.1. The fourth-order valence-electron chi connectivity index (χ4n) is 1.50. The number of alkyl halides is 6. The van der Waals surface area contributed by atoms with Crippen molar-refractivity contribution in [3.8, 4) is 11.5 Å². The van der Waals surface area contributed by atoms with Crippen molar-refractivity contribution in [2.24, 2.45) is 5.73 Å². The Balaban J connectivity index is 0.00000400. The number of nitrogens with two attached hydrogens (primary N) is 1. The largest absolute Gasteiger partial charge is 0.573 e. The minimum absolute atomic E-state index is 0. The molecular weight excluding hydrogens is 328 g/mol. The molecule has 0 bridgehead atoms. The number of hydrogen-bond acceptors (Lipinski definition) is 3. The fourth-order valence-corrected chi connectivity index (χ4v) is 1.50. The van der Waals surface area contributed by atoms with Gasteiger partial charge in [-0.05, 0) is 24.6 Å². The van der Waals surface area contributed by atoms with E-state index >= 15 is 0 Å². The molecule has 0 aliphatic carbocycles. The summed E-state index contributed by atoms with van der Waals surface area (Å²) in [5, 5.41) is 9.44. The highest BCUT2D eigenvalue weighted by Crippen LogP contribution is 2.34. The first-order chi connectivity index (χ1) is 8.98. The molecule has 0 aliphatic heterocycles. The van der Waals surface area contributed by atoms with Crippen LogP contribution in [0, 0.1) is 0 Å². The smallest absolute Gasteiger partial charge is 0.508 e. The molecule has 3 N–H and O–H groups in total.